The van der Waals surface area contributed by atoms with Crippen molar-refractivity contribution in [2.24, 2.45) is 0 Å². The van der Waals surface area contributed by atoms with Gasteiger partial charge in [0.25, 0.3) is 0 Å². The average molecular weight is 190 g/mol. The lowest BCUT2D eigenvalue weighted by molar-refractivity contribution is 0.249. The highest BCUT2D eigenvalue weighted by Crippen LogP contribution is 2.15. The van der Waals surface area contributed by atoms with Gasteiger partial charge in [0.1, 0.15) is 12.4 Å². The van der Waals surface area contributed by atoms with Gasteiger partial charge < -0.3 is 15.0 Å². The van der Waals surface area contributed by atoms with Crippen LogP contribution in [0.25, 0.3) is 0 Å². The van der Waals surface area contributed by atoms with Crippen LogP contribution in [0.3, 0.4) is 0 Å². The van der Waals surface area contributed by atoms with Crippen LogP contribution in [0, 0.1) is 0 Å². The van der Waals surface area contributed by atoms with Gasteiger partial charge in [-0.05, 0) is 12.1 Å². The van der Waals surface area contributed by atoms with Gasteiger partial charge in [-0.25, -0.2) is 0 Å². The number of hydrogen-bond donors (Lipinski definition) is 1. The van der Waals surface area contributed by atoms with Crippen molar-refractivity contribution in [2.45, 2.75) is 6.61 Å². The molecule has 0 aliphatic rings. The Balaban J connectivity index is 1.98. The second-order valence-corrected chi connectivity index (χ2v) is 2.84. The summed E-state index contributed by atoms with van der Waals surface area (Å²) in [4.78, 5) is 0. The largest absolute Gasteiger partial charge is 0.485 e. The van der Waals surface area contributed by atoms with Gasteiger partial charge in [0.2, 0.25) is 0 Å². The molecular formula is C10H10N2O2. The molecule has 0 aliphatic carbocycles. The van der Waals surface area contributed by atoms with Gasteiger partial charge in [-0.3, -0.25) is 0 Å². The van der Waals surface area contributed by atoms with E-state index in [2.05, 4.69) is 5.16 Å². The Morgan fingerprint density at radius 2 is 2.29 bits per heavy atom. The van der Waals surface area contributed by atoms with Gasteiger partial charge in [-0.15, -0.1) is 0 Å². The molecule has 2 aromatic rings. The molecule has 0 bridgehead atoms. The Morgan fingerprint density at radius 1 is 1.36 bits per heavy atom. The quantitative estimate of drug-likeness (QED) is 0.750. The maximum Gasteiger partial charge on any atom is 0.174 e. The van der Waals surface area contributed by atoms with Crippen LogP contribution in [0.1, 0.15) is 5.76 Å². The third-order valence-electron chi connectivity index (χ3n) is 1.73. The molecule has 1 heterocycles. The van der Waals surface area contributed by atoms with Crippen molar-refractivity contribution in [1.29, 1.82) is 0 Å². The van der Waals surface area contributed by atoms with Crippen LogP contribution in [-0.4, -0.2) is 5.16 Å². The normalized spacial score (nSPS) is 10.0. The minimum Gasteiger partial charge on any atom is -0.485 e. The van der Waals surface area contributed by atoms with Gasteiger partial charge in [0.15, 0.2) is 5.76 Å². The van der Waals surface area contributed by atoms with Crippen LogP contribution in [0.5, 0.6) is 5.75 Å². The van der Waals surface area contributed by atoms with Crippen molar-refractivity contribution < 1.29 is 9.26 Å². The van der Waals surface area contributed by atoms with Gasteiger partial charge in [-0.2, -0.15) is 0 Å². The maximum absolute atomic E-state index is 5.59. The molecule has 14 heavy (non-hydrogen) atoms. The third-order valence-corrected chi connectivity index (χ3v) is 1.73. The van der Waals surface area contributed by atoms with Crippen LogP contribution in [0.4, 0.5) is 5.69 Å². The van der Waals surface area contributed by atoms with E-state index >= 15 is 0 Å². The van der Waals surface area contributed by atoms with Gasteiger partial charge in [-0.1, -0.05) is 11.2 Å². The van der Waals surface area contributed by atoms with Gasteiger partial charge >= 0.3 is 0 Å². The zero-order valence-electron chi connectivity index (χ0n) is 7.51. The molecule has 0 aliphatic heterocycles. The Hall–Kier alpha value is -1.97. The number of nitrogens with zero attached hydrogens (tertiary/aromatic N) is 1. The Labute approximate surface area is 81.3 Å². The highest BCUT2D eigenvalue weighted by atomic mass is 16.5. The van der Waals surface area contributed by atoms with E-state index in [-0.39, 0.29) is 0 Å². The van der Waals surface area contributed by atoms with Crippen LogP contribution in [-0.2, 0) is 6.61 Å². The second kappa shape index (κ2) is 3.83. The van der Waals surface area contributed by atoms with Crippen molar-refractivity contribution in [1.82, 2.24) is 5.16 Å². The first-order chi connectivity index (χ1) is 6.84. The molecule has 0 unspecified atom stereocenters. The smallest absolute Gasteiger partial charge is 0.174 e. The number of ether oxygens (including phenoxy) is 1. The molecule has 0 radical (unpaired) electrons. The standard InChI is InChI=1S/C10H10N2O2/c11-8-2-1-3-9(6-8)13-7-10-4-5-12-14-10/h1-6H,7,11H2. The molecule has 0 amide bonds. The molecular weight excluding hydrogens is 180 g/mol. The molecule has 2 rings (SSSR count). The summed E-state index contributed by atoms with van der Waals surface area (Å²) in [7, 11) is 0. The van der Waals surface area contributed by atoms with Crippen LogP contribution < -0.4 is 10.5 Å². The highest BCUT2D eigenvalue weighted by Gasteiger charge is 1.98. The summed E-state index contributed by atoms with van der Waals surface area (Å²) >= 11 is 0. The Morgan fingerprint density at radius 3 is 3.00 bits per heavy atom. The lowest BCUT2D eigenvalue weighted by Gasteiger charge is -2.03. The molecule has 4 heteroatoms. The lowest BCUT2D eigenvalue weighted by atomic mass is 10.3. The summed E-state index contributed by atoms with van der Waals surface area (Å²) in [6, 6.07) is 9.00. The number of rotatable bonds is 3. The van der Waals surface area contributed by atoms with Gasteiger partial charge in [0, 0.05) is 17.8 Å². The number of nitrogens with two attached hydrogens (primary N) is 1. The average Bonchev–Trinajstić information content (AvgIpc) is 2.67. The van der Waals surface area contributed by atoms with E-state index in [1.165, 1.54) is 0 Å². The third kappa shape index (κ3) is 2.04. The minimum absolute atomic E-state index is 0.365. The van der Waals surface area contributed by atoms with E-state index in [0.717, 1.165) is 5.75 Å². The van der Waals surface area contributed by atoms with E-state index in [0.29, 0.717) is 18.1 Å². The minimum atomic E-state index is 0.365. The van der Waals surface area contributed by atoms with Crippen LogP contribution >= 0.6 is 0 Å². The van der Waals surface area contributed by atoms with E-state index in [1.54, 1.807) is 24.4 Å². The predicted octanol–water partition coefficient (Wildman–Crippen LogP) is 1.84. The van der Waals surface area contributed by atoms with Crippen molar-refractivity contribution in [2.75, 3.05) is 5.73 Å². The van der Waals surface area contributed by atoms with Crippen molar-refractivity contribution in [3.05, 3.63) is 42.3 Å². The van der Waals surface area contributed by atoms with Crippen LogP contribution in [0.15, 0.2) is 41.1 Å². The summed E-state index contributed by atoms with van der Waals surface area (Å²) in [6.45, 7) is 0.365. The molecule has 0 fully saturated rings. The Bertz CT molecular complexity index is 398. The van der Waals surface area contributed by atoms with E-state index in [9.17, 15) is 0 Å². The molecule has 0 spiro atoms. The zero-order chi connectivity index (χ0) is 9.80. The van der Waals surface area contributed by atoms with E-state index in [1.807, 2.05) is 12.1 Å². The number of hydrogen-bond acceptors (Lipinski definition) is 4. The van der Waals surface area contributed by atoms with Crippen molar-refractivity contribution in [3.63, 3.8) is 0 Å². The fourth-order valence-electron chi connectivity index (χ4n) is 1.08. The molecule has 2 N–H and O–H groups in total. The molecule has 1 aromatic heterocycles. The maximum atomic E-state index is 5.59. The number of aromatic nitrogens is 1. The molecule has 0 saturated heterocycles. The first kappa shape index (κ1) is 8.62. The van der Waals surface area contributed by atoms with Crippen molar-refractivity contribution in [3.8, 4) is 5.75 Å². The number of benzene rings is 1. The fraction of sp³-hybridized carbons (Fsp3) is 0.100. The van der Waals surface area contributed by atoms with Crippen molar-refractivity contribution >= 4 is 5.69 Å². The molecule has 0 atom stereocenters. The molecule has 1 aromatic carbocycles. The highest BCUT2D eigenvalue weighted by molar-refractivity contribution is 5.43. The molecule has 4 nitrogen and oxygen atoms in total. The first-order valence-electron chi connectivity index (χ1n) is 4.22. The number of nitrogen functional groups attached to an aromatic ring is 1. The zero-order valence-corrected chi connectivity index (χ0v) is 7.51. The SMILES string of the molecule is Nc1cccc(OCc2ccno2)c1. The number of anilines is 1. The fourth-order valence-corrected chi connectivity index (χ4v) is 1.08. The first-order valence-corrected chi connectivity index (χ1v) is 4.22. The summed E-state index contributed by atoms with van der Waals surface area (Å²) in [5.41, 5.74) is 6.27. The van der Waals surface area contributed by atoms with E-state index < -0.39 is 0 Å². The molecule has 0 saturated carbocycles. The summed E-state index contributed by atoms with van der Waals surface area (Å²) in [5, 5.41) is 3.57. The summed E-state index contributed by atoms with van der Waals surface area (Å²) < 4.78 is 10.3. The molecule has 72 valence electrons. The monoisotopic (exact) mass is 190 g/mol. The summed E-state index contributed by atoms with van der Waals surface area (Å²) in [6.07, 6.45) is 1.58. The second-order valence-electron chi connectivity index (χ2n) is 2.84. The lowest BCUT2D eigenvalue weighted by Crippen LogP contribution is -1.94. The van der Waals surface area contributed by atoms with Crippen LogP contribution in [0.2, 0.25) is 0 Å². The summed E-state index contributed by atoms with van der Waals surface area (Å²) in [5.74, 6) is 1.41. The topological polar surface area (TPSA) is 61.3 Å². The predicted molar refractivity (Wildman–Crippen MR) is 51.7 cm³/mol. The van der Waals surface area contributed by atoms with E-state index in [4.69, 9.17) is 15.0 Å². The Kier molecular flexibility index (Phi) is 2.36. The van der Waals surface area contributed by atoms with Gasteiger partial charge in [0.05, 0.1) is 6.20 Å².